The van der Waals surface area contributed by atoms with E-state index in [0.717, 1.165) is 55.6 Å². The number of amides is 1. The van der Waals surface area contributed by atoms with Crippen molar-refractivity contribution in [2.45, 2.75) is 70.9 Å². The van der Waals surface area contributed by atoms with Crippen molar-refractivity contribution in [2.75, 3.05) is 33.4 Å². The van der Waals surface area contributed by atoms with Crippen molar-refractivity contribution in [1.82, 2.24) is 10.2 Å². The molecule has 2 aromatic rings. The van der Waals surface area contributed by atoms with Gasteiger partial charge in [-0.05, 0) is 69.6 Å². The summed E-state index contributed by atoms with van der Waals surface area (Å²) in [4.78, 5) is 16.2. The van der Waals surface area contributed by atoms with Crippen LogP contribution in [-0.4, -0.2) is 56.3 Å². The number of methoxy groups -OCH3 is 1. The Morgan fingerprint density at radius 2 is 1.83 bits per heavy atom. The van der Waals surface area contributed by atoms with Crippen LogP contribution in [0.4, 0.5) is 0 Å². The fraction of sp³-hybridized carbons (Fsp3) is 0.567. The maximum Gasteiger partial charge on any atom is 0.226 e. The predicted molar refractivity (Wildman–Crippen MR) is 142 cm³/mol. The Labute approximate surface area is 211 Å². The number of carbonyl (C=O) groups excluding carboxylic acids is 1. The number of benzene rings is 2. The fourth-order valence-corrected chi connectivity index (χ4v) is 5.94. The molecule has 0 radical (unpaired) electrons. The van der Waals surface area contributed by atoms with Gasteiger partial charge in [-0.15, -0.1) is 0 Å². The van der Waals surface area contributed by atoms with E-state index in [1.165, 1.54) is 24.8 Å². The predicted octanol–water partition coefficient (Wildman–Crippen LogP) is 5.47. The molecule has 2 unspecified atom stereocenters. The molecule has 2 heterocycles. The number of carbonyl (C=O) groups is 1. The van der Waals surface area contributed by atoms with Gasteiger partial charge in [0.25, 0.3) is 0 Å². The van der Waals surface area contributed by atoms with E-state index in [1.807, 2.05) is 18.2 Å². The highest BCUT2D eigenvalue weighted by atomic mass is 16.5. The van der Waals surface area contributed by atoms with Crippen molar-refractivity contribution in [2.24, 2.45) is 5.41 Å². The summed E-state index contributed by atoms with van der Waals surface area (Å²) in [6.45, 7) is 7.75. The summed E-state index contributed by atoms with van der Waals surface area (Å²) in [6, 6.07) is 17.9. The standard InChI is InChI=1S/C30H42N2O3/c1-23-9-6-10-24(2)32(23)18-8-17-31-29(33)30(15-19-35-20-16-30)22-25-11-7-12-26(21-25)27-13-4-5-14-28(27)34-3/h4-5,7,11-14,21,23-24H,6,8-10,15-20,22H2,1-3H3,(H,31,33). The maximum atomic E-state index is 13.6. The molecular weight excluding hydrogens is 436 g/mol. The van der Waals surface area contributed by atoms with Crippen LogP contribution in [0.3, 0.4) is 0 Å². The maximum absolute atomic E-state index is 13.6. The monoisotopic (exact) mass is 478 g/mol. The van der Waals surface area contributed by atoms with Gasteiger partial charge in [-0.25, -0.2) is 0 Å². The molecule has 2 atom stereocenters. The molecule has 0 spiro atoms. The van der Waals surface area contributed by atoms with Crippen molar-refractivity contribution in [3.8, 4) is 16.9 Å². The van der Waals surface area contributed by atoms with Crippen LogP contribution < -0.4 is 10.1 Å². The second-order valence-electron chi connectivity index (χ2n) is 10.4. The topological polar surface area (TPSA) is 50.8 Å². The molecule has 2 saturated heterocycles. The van der Waals surface area contributed by atoms with Crippen LogP contribution in [0.15, 0.2) is 48.5 Å². The molecule has 1 amide bonds. The lowest BCUT2D eigenvalue weighted by molar-refractivity contribution is -0.136. The number of ether oxygens (including phenoxy) is 2. The lowest BCUT2D eigenvalue weighted by Crippen LogP contribution is -2.47. The van der Waals surface area contributed by atoms with Crippen molar-refractivity contribution in [1.29, 1.82) is 0 Å². The minimum absolute atomic E-state index is 0.184. The Morgan fingerprint density at radius 1 is 1.09 bits per heavy atom. The van der Waals surface area contributed by atoms with Gasteiger partial charge in [0.05, 0.1) is 12.5 Å². The number of para-hydroxylation sites is 1. The molecule has 2 fully saturated rings. The number of nitrogens with zero attached hydrogens (tertiary/aromatic N) is 1. The highest BCUT2D eigenvalue weighted by Gasteiger charge is 2.40. The van der Waals surface area contributed by atoms with Gasteiger partial charge in [-0.1, -0.05) is 48.9 Å². The number of hydrogen-bond acceptors (Lipinski definition) is 4. The summed E-state index contributed by atoms with van der Waals surface area (Å²) in [5.41, 5.74) is 2.96. The molecular formula is C30H42N2O3. The zero-order chi connectivity index (χ0) is 24.7. The summed E-state index contributed by atoms with van der Waals surface area (Å²) in [5, 5.41) is 3.31. The van der Waals surface area contributed by atoms with Crippen molar-refractivity contribution in [3.05, 3.63) is 54.1 Å². The van der Waals surface area contributed by atoms with E-state index >= 15 is 0 Å². The fourth-order valence-electron chi connectivity index (χ4n) is 5.94. The smallest absolute Gasteiger partial charge is 0.226 e. The van der Waals surface area contributed by atoms with Crippen LogP contribution in [0.5, 0.6) is 5.75 Å². The number of nitrogens with one attached hydrogen (secondary N) is 1. The van der Waals surface area contributed by atoms with E-state index < -0.39 is 5.41 Å². The molecule has 35 heavy (non-hydrogen) atoms. The van der Waals surface area contributed by atoms with Crippen LogP contribution in [0.25, 0.3) is 11.1 Å². The third-order valence-electron chi connectivity index (χ3n) is 8.07. The minimum Gasteiger partial charge on any atom is -0.496 e. The van der Waals surface area contributed by atoms with E-state index in [2.05, 4.69) is 54.4 Å². The molecule has 0 aromatic heterocycles. The SMILES string of the molecule is COc1ccccc1-c1cccc(CC2(C(=O)NCCCN3C(C)CCCC3C)CCOCC2)c1. The summed E-state index contributed by atoms with van der Waals surface area (Å²) in [6.07, 6.45) is 7.15. The summed E-state index contributed by atoms with van der Waals surface area (Å²) >= 11 is 0. The number of rotatable bonds is 9. The second kappa shape index (κ2) is 12.0. The van der Waals surface area contributed by atoms with Gasteiger partial charge >= 0.3 is 0 Å². The lowest BCUT2D eigenvalue weighted by atomic mass is 9.74. The molecule has 0 aliphatic carbocycles. The summed E-state index contributed by atoms with van der Waals surface area (Å²) in [5.74, 6) is 1.05. The lowest BCUT2D eigenvalue weighted by Gasteiger charge is -2.39. The molecule has 0 bridgehead atoms. The van der Waals surface area contributed by atoms with E-state index in [9.17, 15) is 4.79 Å². The molecule has 190 valence electrons. The molecule has 5 nitrogen and oxygen atoms in total. The van der Waals surface area contributed by atoms with Crippen molar-refractivity contribution < 1.29 is 14.3 Å². The van der Waals surface area contributed by atoms with E-state index in [-0.39, 0.29) is 5.91 Å². The van der Waals surface area contributed by atoms with Gasteiger partial charge in [0, 0.05) is 44.0 Å². The first kappa shape index (κ1) is 25.7. The van der Waals surface area contributed by atoms with E-state index in [0.29, 0.717) is 25.3 Å². The second-order valence-corrected chi connectivity index (χ2v) is 10.4. The zero-order valence-corrected chi connectivity index (χ0v) is 21.7. The Hall–Kier alpha value is -2.37. The Bertz CT molecular complexity index is 960. The van der Waals surface area contributed by atoms with Gasteiger partial charge in [0.15, 0.2) is 0 Å². The van der Waals surface area contributed by atoms with E-state index in [1.54, 1.807) is 7.11 Å². The van der Waals surface area contributed by atoms with E-state index in [4.69, 9.17) is 9.47 Å². The first-order valence-corrected chi connectivity index (χ1v) is 13.4. The molecule has 2 aliphatic heterocycles. The molecule has 5 heteroatoms. The van der Waals surface area contributed by atoms with Crippen LogP contribution in [0.1, 0.15) is 57.9 Å². The van der Waals surface area contributed by atoms with Crippen molar-refractivity contribution in [3.63, 3.8) is 0 Å². The largest absolute Gasteiger partial charge is 0.496 e. The average molecular weight is 479 g/mol. The van der Waals surface area contributed by atoms with Gasteiger partial charge in [0.2, 0.25) is 5.91 Å². The molecule has 2 aromatic carbocycles. The third kappa shape index (κ3) is 6.25. The highest BCUT2D eigenvalue weighted by molar-refractivity contribution is 5.83. The van der Waals surface area contributed by atoms with Gasteiger partial charge < -0.3 is 14.8 Å². The number of hydrogen-bond donors (Lipinski definition) is 1. The normalized spacial score (nSPS) is 22.5. The van der Waals surface area contributed by atoms with Crippen LogP contribution in [0.2, 0.25) is 0 Å². The number of piperidine rings is 1. The number of likely N-dealkylation sites (tertiary alicyclic amines) is 1. The Balaban J connectivity index is 1.41. The van der Waals surface area contributed by atoms with Crippen LogP contribution in [-0.2, 0) is 16.0 Å². The Kier molecular flexibility index (Phi) is 8.85. The zero-order valence-electron chi connectivity index (χ0n) is 21.7. The molecule has 4 rings (SSSR count). The molecule has 1 N–H and O–H groups in total. The third-order valence-corrected chi connectivity index (χ3v) is 8.07. The summed E-state index contributed by atoms with van der Waals surface area (Å²) < 4.78 is 11.2. The molecule has 0 saturated carbocycles. The van der Waals surface area contributed by atoms with Gasteiger partial charge in [-0.2, -0.15) is 0 Å². The van der Waals surface area contributed by atoms with Gasteiger partial charge in [-0.3, -0.25) is 9.69 Å². The molecule has 2 aliphatic rings. The minimum atomic E-state index is -0.413. The highest BCUT2D eigenvalue weighted by Crippen LogP contribution is 2.37. The first-order valence-electron chi connectivity index (χ1n) is 13.4. The first-order chi connectivity index (χ1) is 17.0. The van der Waals surface area contributed by atoms with Crippen LogP contribution in [0, 0.1) is 5.41 Å². The van der Waals surface area contributed by atoms with Crippen molar-refractivity contribution >= 4 is 5.91 Å². The van der Waals surface area contributed by atoms with Gasteiger partial charge in [0.1, 0.15) is 5.75 Å². The summed E-state index contributed by atoms with van der Waals surface area (Å²) in [7, 11) is 1.70. The quantitative estimate of drug-likeness (QED) is 0.486. The van der Waals surface area contributed by atoms with Crippen LogP contribution >= 0.6 is 0 Å². The average Bonchev–Trinajstić information content (AvgIpc) is 2.88. The Morgan fingerprint density at radius 3 is 2.57 bits per heavy atom.